The number of carbonyl (C=O) groups excluding carboxylic acids is 1. The number of rotatable bonds is 4. The molecule has 2 atom stereocenters. The molecule has 1 aliphatic carbocycles. The van der Waals surface area contributed by atoms with E-state index in [0.717, 1.165) is 30.6 Å². The average molecular weight is 356 g/mol. The van der Waals surface area contributed by atoms with Crippen molar-refractivity contribution in [2.24, 2.45) is 5.92 Å². The summed E-state index contributed by atoms with van der Waals surface area (Å²) in [4.78, 5) is 25.3. The third-order valence-electron chi connectivity index (χ3n) is 5.44. The summed E-state index contributed by atoms with van der Waals surface area (Å²) in [6.45, 7) is 4.09. The van der Waals surface area contributed by atoms with E-state index in [1.54, 1.807) is 12.3 Å². The molecule has 4 rings (SSSR count). The molecule has 2 unspecified atom stereocenters. The van der Waals surface area contributed by atoms with Gasteiger partial charge in [0.05, 0.1) is 11.8 Å². The molecule has 1 fully saturated rings. The molecule has 0 bridgehead atoms. The molecule has 0 radical (unpaired) electrons. The zero-order valence-electron chi connectivity index (χ0n) is 15.2. The molecular weight excluding hydrogens is 332 g/mol. The van der Waals surface area contributed by atoms with Gasteiger partial charge in [0.25, 0.3) is 5.56 Å². The van der Waals surface area contributed by atoms with Crippen molar-refractivity contribution in [3.05, 3.63) is 34.6 Å². The van der Waals surface area contributed by atoms with Crippen LogP contribution in [0.15, 0.2) is 27.6 Å². The summed E-state index contributed by atoms with van der Waals surface area (Å²) in [7, 11) is 0. The van der Waals surface area contributed by atoms with Gasteiger partial charge < -0.3 is 9.73 Å². The first-order valence-electron chi connectivity index (χ1n) is 9.36. The van der Waals surface area contributed by atoms with Gasteiger partial charge in [-0.1, -0.05) is 26.7 Å². The van der Waals surface area contributed by atoms with Gasteiger partial charge in [0.1, 0.15) is 17.9 Å². The number of hydrogen-bond acceptors (Lipinski definition) is 4. The van der Waals surface area contributed by atoms with Crippen molar-refractivity contribution in [1.29, 1.82) is 0 Å². The Labute approximate surface area is 151 Å². The largest absolute Gasteiger partial charge is 0.463 e. The number of nitrogens with one attached hydrogen (secondary N) is 1. The Morgan fingerprint density at radius 3 is 2.92 bits per heavy atom. The number of amides is 1. The van der Waals surface area contributed by atoms with E-state index in [1.807, 2.05) is 17.4 Å². The van der Waals surface area contributed by atoms with Crippen LogP contribution in [0.25, 0.3) is 16.6 Å². The second-order valence-corrected chi connectivity index (χ2v) is 7.20. The van der Waals surface area contributed by atoms with Crippen LogP contribution < -0.4 is 10.9 Å². The molecule has 0 aromatic carbocycles. The third kappa shape index (κ3) is 2.81. The van der Waals surface area contributed by atoms with E-state index in [2.05, 4.69) is 17.3 Å². The molecule has 0 spiro atoms. The first kappa shape index (κ1) is 16.9. The second-order valence-electron chi connectivity index (χ2n) is 7.20. The molecule has 138 valence electrons. The van der Waals surface area contributed by atoms with Crippen molar-refractivity contribution in [3.63, 3.8) is 0 Å². The lowest BCUT2D eigenvalue weighted by Crippen LogP contribution is -2.44. The predicted octanol–water partition coefficient (Wildman–Crippen LogP) is 2.50. The Balaban J connectivity index is 1.65. The fraction of sp³-hybridized carbons (Fsp3) is 0.526. The smallest absolute Gasteiger partial charge is 0.291 e. The van der Waals surface area contributed by atoms with Crippen molar-refractivity contribution in [1.82, 2.24) is 19.5 Å². The molecule has 3 heterocycles. The van der Waals surface area contributed by atoms with E-state index >= 15 is 0 Å². The predicted molar refractivity (Wildman–Crippen MR) is 98.2 cm³/mol. The van der Waals surface area contributed by atoms with Crippen molar-refractivity contribution in [3.8, 4) is 0 Å². The van der Waals surface area contributed by atoms with Gasteiger partial charge in [-0.25, -0.2) is 4.68 Å². The van der Waals surface area contributed by atoms with Gasteiger partial charge >= 0.3 is 0 Å². The fourth-order valence-corrected chi connectivity index (χ4v) is 3.98. The third-order valence-corrected chi connectivity index (χ3v) is 5.44. The van der Waals surface area contributed by atoms with E-state index < -0.39 is 0 Å². The minimum atomic E-state index is -0.277. The molecule has 26 heavy (non-hydrogen) atoms. The average Bonchev–Trinajstić information content (AvgIpc) is 3.21. The fourth-order valence-electron chi connectivity index (χ4n) is 3.98. The van der Waals surface area contributed by atoms with Crippen LogP contribution in [-0.4, -0.2) is 26.1 Å². The number of fused-ring (bicyclic) bond motifs is 3. The van der Waals surface area contributed by atoms with Crippen LogP contribution in [-0.2, 0) is 17.8 Å². The SMILES string of the molecule is CCc1nn(CC(=O)NC2CCCCC2C)c(=O)c2cc3occc3n12. The standard InChI is InChI=1S/C19H24N4O3/c1-3-17-21-22(11-18(24)20-13-7-5-4-6-12(13)2)19(25)15-10-16-14(23(15)17)8-9-26-16/h8-10,12-13H,3-7,11H2,1-2H3,(H,20,24). The van der Waals surface area contributed by atoms with Gasteiger partial charge in [-0.3, -0.25) is 14.0 Å². The van der Waals surface area contributed by atoms with Crippen LogP contribution in [0.4, 0.5) is 0 Å². The molecule has 0 aliphatic heterocycles. The van der Waals surface area contributed by atoms with Crippen molar-refractivity contribution < 1.29 is 9.21 Å². The molecule has 1 amide bonds. The van der Waals surface area contributed by atoms with E-state index in [0.29, 0.717) is 23.4 Å². The van der Waals surface area contributed by atoms with Gasteiger partial charge in [0.15, 0.2) is 5.58 Å². The Bertz CT molecular complexity index is 1010. The highest BCUT2D eigenvalue weighted by Gasteiger charge is 2.23. The molecule has 7 heteroatoms. The Morgan fingerprint density at radius 1 is 1.35 bits per heavy atom. The lowest BCUT2D eigenvalue weighted by atomic mass is 9.86. The zero-order chi connectivity index (χ0) is 18.3. The molecule has 3 aromatic heterocycles. The highest BCUT2D eigenvalue weighted by Crippen LogP contribution is 2.24. The van der Waals surface area contributed by atoms with Crippen LogP contribution in [0.2, 0.25) is 0 Å². The summed E-state index contributed by atoms with van der Waals surface area (Å²) in [5, 5.41) is 7.53. The van der Waals surface area contributed by atoms with E-state index in [-0.39, 0.29) is 24.1 Å². The topological polar surface area (TPSA) is 81.5 Å². The normalized spacial score (nSPS) is 20.7. The monoisotopic (exact) mass is 356 g/mol. The molecular formula is C19H24N4O3. The number of nitrogens with zero attached hydrogens (tertiary/aromatic N) is 3. The maximum atomic E-state index is 12.8. The van der Waals surface area contributed by atoms with E-state index in [9.17, 15) is 9.59 Å². The maximum absolute atomic E-state index is 12.8. The second kappa shape index (κ2) is 6.63. The molecule has 0 saturated heterocycles. The Morgan fingerprint density at radius 2 is 2.15 bits per heavy atom. The van der Waals surface area contributed by atoms with Crippen molar-refractivity contribution >= 4 is 22.5 Å². The van der Waals surface area contributed by atoms with Crippen LogP contribution in [0.5, 0.6) is 0 Å². The Kier molecular flexibility index (Phi) is 4.30. The van der Waals surface area contributed by atoms with Gasteiger partial charge in [0, 0.05) is 24.6 Å². The number of furan rings is 1. The number of carbonyl (C=O) groups is 1. The first-order chi connectivity index (χ1) is 12.6. The van der Waals surface area contributed by atoms with Gasteiger partial charge in [-0.15, -0.1) is 0 Å². The summed E-state index contributed by atoms with van der Waals surface area (Å²) in [5.74, 6) is 1.05. The van der Waals surface area contributed by atoms with Crippen molar-refractivity contribution in [2.75, 3.05) is 0 Å². The summed E-state index contributed by atoms with van der Waals surface area (Å²) < 4.78 is 8.51. The quantitative estimate of drug-likeness (QED) is 0.779. The molecule has 1 saturated carbocycles. The lowest BCUT2D eigenvalue weighted by Gasteiger charge is -2.29. The van der Waals surface area contributed by atoms with Crippen LogP contribution in [0.1, 0.15) is 45.4 Å². The zero-order valence-corrected chi connectivity index (χ0v) is 15.2. The lowest BCUT2D eigenvalue weighted by molar-refractivity contribution is -0.123. The van der Waals surface area contributed by atoms with Gasteiger partial charge in [-0.05, 0) is 18.8 Å². The van der Waals surface area contributed by atoms with Gasteiger partial charge in [0.2, 0.25) is 5.91 Å². The molecule has 3 aromatic rings. The minimum absolute atomic E-state index is 0.0574. The van der Waals surface area contributed by atoms with Crippen LogP contribution >= 0.6 is 0 Å². The van der Waals surface area contributed by atoms with E-state index in [1.165, 1.54) is 11.1 Å². The minimum Gasteiger partial charge on any atom is -0.463 e. The highest BCUT2D eigenvalue weighted by atomic mass is 16.3. The van der Waals surface area contributed by atoms with Crippen molar-refractivity contribution in [2.45, 2.75) is 58.5 Å². The van der Waals surface area contributed by atoms with Crippen LogP contribution in [0, 0.1) is 5.92 Å². The highest BCUT2D eigenvalue weighted by molar-refractivity contribution is 5.82. The Hall–Kier alpha value is -2.57. The maximum Gasteiger partial charge on any atom is 0.291 e. The summed E-state index contributed by atoms with van der Waals surface area (Å²) in [5.41, 5.74) is 1.69. The molecule has 1 aliphatic rings. The van der Waals surface area contributed by atoms with Crippen LogP contribution in [0.3, 0.4) is 0 Å². The number of aromatic nitrogens is 3. The van der Waals surface area contributed by atoms with Gasteiger partial charge in [-0.2, -0.15) is 5.10 Å². The summed E-state index contributed by atoms with van der Waals surface area (Å²) >= 11 is 0. The first-order valence-corrected chi connectivity index (χ1v) is 9.36. The number of aryl methyl sites for hydroxylation is 1. The molecule has 7 nitrogen and oxygen atoms in total. The molecule has 1 N–H and O–H groups in total. The van der Waals surface area contributed by atoms with E-state index in [4.69, 9.17) is 4.42 Å². The summed E-state index contributed by atoms with van der Waals surface area (Å²) in [6.07, 6.45) is 6.75. The summed E-state index contributed by atoms with van der Waals surface area (Å²) in [6, 6.07) is 3.73. The number of hydrogen-bond donors (Lipinski definition) is 1.